The molecular formula is C21H23N3O2. The molecule has 1 aromatic heterocycles. The highest BCUT2D eigenvalue weighted by Gasteiger charge is 2.16. The largest absolute Gasteiger partial charge is 0.361 e. The zero-order chi connectivity index (χ0) is 18.7. The molecule has 3 aromatic rings. The molecule has 1 heterocycles. The zero-order valence-corrected chi connectivity index (χ0v) is 15.3. The summed E-state index contributed by atoms with van der Waals surface area (Å²) < 4.78 is 0. The molecular weight excluding hydrogens is 326 g/mol. The predicted octanol–water partition coefficient (Wildman–Crippen LogP) is 3.42. The lowest BCUT2D eigenvalue weighted by molar-refractivity contribution is -0.132. The normalized spacial score (nSPS) is 10.7. The summed E-state index contributed by atoms with van der Waals surface area (Å²) in [5, 5.41) is 3.92. The molecule has 0 bridgehead atoms. The summed E-state index contributed by atoms with van der Waals surface area (Å²) in [4.78, 5) is 29.4. The number of aromatic amines is 1. The SMILES string of the molecule is Cc1cccc(NC(=O)CN(C)C(=O)Cc2c[nH]c3ccccc23)c1C. The van der Waals surface area contributed by atoms with E-state index >= 15 is 0 Å². The number of para-hydroxylation sites is 1. The summed E-state index contributed by atoms with van der Waals surface area (Å²) in [6.45, 7) is 3.99. The van der Waals surface area contributed by atoms with Crippen molar-refractivity contribution in [3.63, 3.8) is 0 Å². The first-order valence-corrected chi connectivity index (χ1v) is 8.60. The number of benzene rings is 2. The number of fused-ring (bicyclic) bond motifs is 1. The van der Waals surface area contributed by atoms with Crippen LogP contribution in [-0.2, 0) is 16.0 Å². The number of rotatable bonds is 5. The number of nitrogens with one attached hydrogen (secondary N) is 2. The van der Waals surface area contributed by atoms with Gasteiger partial charge in [0.15, 0.2) is 0 Å². The summed E-state index contributed by atoms with van der Waals surface area (Å²) in [5.41, 5.74) is 4.88. The lowest BCUT2D eigenvalue weighted by atomic mass is 10.1. The Balaban J connectivity index is 1.62. The van der Waals surface area contributed by atoms with Crippen LogP contribution < -0.4 is 5.32 Å². The van der Waals surface area contributed by atoms with Crippen molar-refractivity contribution in [3.05, 3.63) is 65.4 Å². The van der Waals surface area contributed by atoms with Gasteiger partial charge in [0.2, 0.25) is 11.8 Å². The Morgan fingerprint density at radius 1 is 1.08 bits per heavy atom. The fourth-order valence-corrected chi connectivity index (χ4v) is 2.96. The van der Waals surface area contributed by atoms with Gasteiger partial charge in [-0.1, -0.05) is 30.3 Å². The highest BCUT2D eigenvalue weighted by Crippen LogP contribution is 2.19. The quantitative estimate of drug-likeness (QED) is 0.741. The van der Waals surface area contributed by atoms with E-state index in [-0.39, 0.29) is 24.8 Å². The van der Waals surface area contributed by atoms with E-state index in [9.17, 15) is 9.59 Å². The summed E-state index contributed by atoms with van der Waals surface area (Å²) in [7, 11) is 1.65. The summed E-state index contributed by atoms with van der Waals surface area (Å²) in [6, 6.07) is 13.6. The second-order valence-electron chi connectivity index (χ2n) is 6.58. The Morgan fingerprint density at radius 2 is 1.85 bits per heavy atom. The minimum absolute atomic E-state index is 0.0224. The fraction of sp³-hybridized carbons (Fsp3) is 0.238. The third-order valence-corrected chi connectivity index (χ3v) is 4.70. The van der Waals surface area contributed by atoms with Crippen molar-refractivity contribution in [1.29, 1.82) is 0 Å². The monoisotopic (exact) mass is 349 g/mol. The number of hydrogen-bond acceptors (Lipinski definition) is 2. The van der Waals surface area contributed by atoms with Crippen LogP contribution in [0, 0.1) is 13.8 Å². The Morgan fingerprint density at radius 3 is 2.65 bits per heavy atom. The van der Waals surface area contributed by atoms with Crippen LogP contribution in [0.25, 0.3) is 10.9 Å². The van der Waals surface area contributed by atoms with Gasteiger partial charge in [0, 0.05) is 29.8 Å². The van der Waals surface area contributed by atoms with E-state index in [0.29, 0.717) is 0 Å². The van der Waals surface area contributed by atoms with E-state index in [1.165, 1.54) is 4.90 Å². The standard InChI is InChI=1S/C21H23N3O2/c1-14-7-6-10-18(15(14)2)23-20(25)13-24(3)21(26)11-16-12-22-19-9-5-4-8-17(16)19/h4-10,12,22H,11,13H2,1-3H3,(H,23,25). The van der Waals surface area contributed by atoms with Crippen LogP contribution in [0.15, 0.2) is 48.7 Å². The molecule has 2 amide bonds. The molecule has 0 spiro atoms. The number of anilines is 1. The molecule has 0 fully saturated rings. The Bertz CT molecular complexity index is 959. The Labute approximate surface area is 153 Å². The number of hydrogen-bond donors (Lipinski definition) is 2. The number of aromatic nitrogens is 1. The number of amides is 2. The molecule has 5 heteroatoms. The number of likely N-dealkylation sites (N-methyl/N-ethyl adjacent to an activating group) is 1. The number of nitrogens with zero attached hydrogens (tertiary/aromatic N) is 1. The van der Waals surface area contributed by atoms with E-state index < -0.39 is 0 Å². The van der Waals surface area contributed by atoms with Crippen molar-refractivity contribution in [2.24, 2.45) is 0 Å². The van der Waals surface area contributed by atoms with Gasteiger partial charge in [-0.15, -0.1) is 0 Å². The molecule has 0 radical (unpaired) electrons. The van der Waals surface area contributed by atoms with Gasteiger partial charge >= 0.3 is 0 Å². The smallest absolute Gasteiger partial charge is 0.243 e. The molecule has 0 saturated carbocycles. The van der Waals surface area contributed by atoms with E-state index in [1.807, 2.05) is 62.5 Å². The summed E-state index contributed by atoms with van der Waals surface area (Å²) in [6.07, 6.45) is 2.11. The first-order chi connectivity index (χ1) is 12.5. The molecule has 0 aliphatic heterocycles. The minimum Gasteiger partial charge on any atom is -0.361 e. The number of H-pyrrole nitrogens is 1. The Hall–Kier alpha value is -3.08. The number of carbonyl (C=O) groups excluding carboxylic acids is 2. The van der Waals surface area contributed by atoms with E-state index in [1.54, 1.807) is 7.05 Å². The van der Waals surface area contributed by atoms with E-state index in [0.717, 1.165) is 33.3 Å². The maximum absolute atomic E-state index is 12.5. The van der Waals surface area contributed by atoms with Gasteiger partial charge < -0.3 is 15.2 Å². The third-order valence-electron chi connectivity index (χ3n) is 4.70. The molecule has 2 N–H and O–H groups in total. The van der Waals surface area contributed by atoms with Crippen LogP contribution in [-0.4, -0.2) is 35.3 Å². The van der Waals surface area contributed by atoms with Gasteiger partial charge in [0.1, 0.15) is 0 Å². The highest BCUT2D eigenvalue weighted by atomic mass is 16.2. The van der Waals surface area contributed by atoms with Crippen LogP contribution in [0.4, 0.5) is 5.69 Å². The van der Waals surface area contributed by atoms with Crippen molar-refractivity contribution >= 4 is 28.4 Å². The molecule has 134 valence electrons. The van der Waals surface area contributed by atoms with Crippen LogP contribution >= 0.6 is 0 Å². The molecule has 0 atom stereocenters. The fourth-order valence-electron chi connectivity index (χ4n) is 2.96. The van der Waals surface area contributed by atoms with E-state index in [2.05, 4.69) is 10.3 Å². The minimum atomic E-state index is -0.200. The first kappa shape index (κ1) is 17.7. The summed E-state index contributed by atoms with van der Waals surface area (Å²) in [5.74, 6) is -0.292. The van der Waals surface area contributed by atoms with Gasteiger partial charge in [-0.3, -0.25) is 9.59 Å². The molecule has 0 aliphatic carbocycles. The van der Waals surface area contributed by atoms with Crippen molar-refractivity contribution in [2.75, 3.05) is 18.9 Å². The van der Waals surface area contributed by atoms with Crippen molar-refractivity contribution in [3.8, 4) is 0 Å². The van der Waals surface area contributed by atoms with Gasteiger partial charge in [-0.2, -0.15) is 0 Å². The molecule has 0 unspecified atom stereocenters. The molecule has 26 heavy (non-hydrogen) atoms. The highest BCUT2D eigenvalue weighted by molar-refractivity contribution is 5.96. The van der Waals surface area contributed by atoms with Gasteiger partial charge in [-0.25, -0.2) is 0 Å². The molecule has 2 aromatic carbocycles. The third kappa shape index (κ3) is 3.77. The molecule has 5 nitrogen and oxygen atoms in total. The van der Waals surface area contributed by atoms with Crippen LogP contribution in [0.1, 0.15) is 16.7 Å². The van der Waals surface area contributed by atoms with Gasteiger partial charge in [0.05, 0.1) is 13.0 Å². The predicted molar refractivity (Wildman–Crippen MR) is 104 cm³/mol. The van der Waals surface area contributed by atoms with Gasteiger partial charge in [0.25, 0.3) is 0 Å². The molecule has 3 rings (SSSR count). The Kier molecular flexibility index (Phi) is 5.07. The second-order valence-corrected chi connectivity index (χ2v) is 6.58. The molecule has 0 aliphatic rings. The lowest BCUT2D eigenvalue weighted by Gasteiger charge is -2.17. The summed E-state index contributed by atoms with van der Waals surface area (Å²) >= 11 is 0. The zero-order valence-electron chi connectivity index (χ0n) is 15.3. The van der Waals surface area contributed by atoms with Crippen LogP contribution in [0.5, 0.6) is 0 Å². The lowest BCUT2D eigenvalue weighted by Crippen LogP contribution is -2.35. The first-order valence-electron chi connectivity index (χ1n) is 8.60. The van der Waals surface area contributed by atoms with Gasteiger partial charge in [-0.05, 0) is 42.7 Å². The average Bonchev–Trinajstić information content (AvgIpc) is 3.02. The van der Waals surface area contributed by atoms with Crippen molar-refractivity contribution in [1.82, 2.24) is 9.88 Å². The van der Waals surface area contributed by atoms with Crippen LogP contribution in [0.2, 0.25) is 0 Å². The van der Waals surface area contributed by atoms with E-state index in [4.69, 9.17) is 0 Å². The van der Waals surface area contributed by atoms with Crippen LogP contribution in [0.3, 0.4) is 0 Å². The molecule has 0 saturated heterocycles. The average molecular weight is 349 g/mol. The second kappa shape index (κ2) is 7.44. The maximum Gasteiger partial charge on any atom is 0.243 e. The van der Waals surface area contributed by atoms with Crippen molar-refractivity contribution < 1.29 is 9.59 Å². The maximum atomic E-state index is 12.5. The number of aryl methyl sites for hydroxylation is 1. The topological polar surface area (TPSA) is 65.2 Å². The number of carbonyl (C=O) groups is 2. The van der Waals surface area contributed by atoms with Crippen molar-refractivity contribution in [2.45, 2.75) is 20.3 Å².